The highest BCUT2D eigenvalue weighted by molar-refractivity contribution is 9.10. The van der Waals surface area contributed by atoms with E-state index in [1.165, 1.54) is 5.56 Å². The second kappa shape index (κ2) is 6.39. The number of phenolic OH excluding ortho intramolecular Hbond substituents is 1. The molecular formula is C15H14Br2O. The molecule has 0 aliphatic heterocycles. The summed E-state index contributed by atoms with van der Waals surface area (Å²) < 4.78 is 1.09. The van der Waals surface area contributed by atoms with Gasteiger partial charge in [0.05, 0.1) is 0 Å². The summed E-state index contributed by atoms with van der Waals surface area (Å²) in [4.78, 5) is 0. The molecule has 0 heterocycles. The number of hydrogen-bond acceptors (Lipinski definition) is 1. The van der Waals surface area contributed by atoms with Crippen LogP contribution >= 0.6 is 31.9 Å². The zero-order valence-corrected chi connectivity index (χ0v) is 13.0. The molecule has 0 saturated carbocycles. The average molecular weight is 370 g/mol. The lowest BCUT2D eigenvalue weighted by Gasteiger charge is -2.15. The fourth-order valence-electron chi connectivity index (χ4n) is 1.96. The third kappa shape index (κ3) is 3.59. The van der Waals surface area contributed by atoms with Crippen LogP contribution in [0.3, 0.4) is 0 Å². The summed E-state index contributed by atoms with van der Waals surface area (Å²) in [6.45, 7) is 0. The fourth-order valence-corrected chi connectivity index (χ4v) is 2.83. The molecule has 0 aromatic heterocycles. The standard InChI is InChI=1S/C15H14Br2O/c16-10-13(12-4-6-14(17)7-5-12)8-11-2-1-3-15(18)9-11/h1-7,9,13,18H,8,10H2. The van der Waals surface area contributed by atoms with Gasteiger partial charge in [0.25, 0.3) is 0 Å². The second-order valence-corrected chi connectivity index (χ2v) is 5.84. The van der Waals surface area contributed by atoms with Gasteiger partial charge in [-0.15, -0.1) is 0 Å². The van der Waals surface area contributed by atoms with Crippen molar-refractivity contribution in [2.24, 2.45) is 0 Å². The van der Waals surface area contributed by atoms with Crippen LogP contribution in [-0.2, 0) is 6.42 Å². The van der Waals surface area contributed by atoms with Gasteiger partial charge in [-0.3, -0.25) is 0 Å². The van der Waals surface area contributed by atoms with E-state index in [0.717, 1.165) is 21.8 Å². The van der Waals surface area contributed by atoms with Crippen LogP contribution in [0.15, 0.2) is 53.0 Å². The van der Waals surface area contributed by atoms with E-state index in [1.54, 1.807) is 6.07 Å². The first-order valence-electron chi connectivity index (χ1n) is 5.78. The lowest BCUT2D eigenvalue weighted by Crippen LogP contribution is -2.04. The molecule has 0 spiro atoms. The average Bonchev–Trinajstić information content (AvgIpc) is 2.37. The molecule has 0 aliphatic carbocycles. The van der Waals surface area contributed by atoms with E-state index in [1.807, 2.05) is 18.2 Å². The van der Waals surface area contributed by atoms with Crippen molar-refractivity contribution in [2.45, 2.75) is 12.3 Å². The molecule has 1 atom stereocenters. The quantitative estimate of drug-likeness (QED) is 0.761. The van der Waals surface area contributed by atoms with Crippen LogP contribution in [0.2, 0.25) is 0 Å². The van der Waals surface area contributed by atoms with E-state index >= 15 is 0 Å². The van der Waals surface area contributed by atoms with E-state index in [2.05, 4.69) is 56.1 Å². The number of alkyl halides is 1. The summed E-state index contributed by atoms with van der Waals surface area (Å²) in [5, 5.41) is 10.4. The lowest BCUT2D eigenvalue weighted by atomic mass is 9.94. The maximum atomic E-state index is 9.49. The Morgan fingerprint density at radius 2 is 1.78 bits per heavy atom. The monoisotopic (exact) mass is 368 g/mol. The first-order valence-corrected chi connectivity index (χ1v) is 7.70. The summed E-state index contributed by atoms with van der Waals surface area (Å²) in [7, 11) is 0. The van der Waals surface area contributed by atoms with Gasteiger partial charge in [-0.1, -0.05) is 56.1 Å². The van der Waals surface area contributed by atoms with Crippen molar-refractivity contribution in [1.82, 2.24) is 0 Å². The zero-order valence-electron chi connectivity index (χ0n) is 9.81. The van der Waals surface area contributed by atoms with Gasteiger partial charge in [-0.25, -0.2) is 0 Å². The smallest absolute Gasteiger partial charge is 0.115 e. The molecule has 2 aromatic rings. The van der Waals surface area contributed by atoms with Gasteiger partial charge in [-0.05, 0) is 47.7 Å². The molecule has 0 fully saturated rings. The van der Waals surface area contributed by atoms with Gasteiger partial charge in [0.1, 0.15) is 5.75 Å². The minimum atomic E-state index is 0.330. The van der Waals surface area contributed by atoms with Crippen molar-refractivity contribution in [3.05, 3.63) is 64.1 Å². The van der Waals surface area contributed by atoms with Gasteiger partial charge in [0.15, 0.2) is 0 Å². The van der Waals surface area contributed by atoms with Crippen LogP contribution in [0.4, 0.5) is 0 Å². The Labute approximate surface area is 124 Å². The number of hydrogen-bond donors (Lipinski definition) is 1. The first-order chi connectivity index (χ1) is 8.69. The predicted molar refractivity (Wildman–Crippen MR) is 82.5 cm³/mol. The van der Waals surface area contributed by atoms with Crippen molar-refractivity contribution in [3.63, 3.8) is 0 Å². The second-order valence-electron chi connectivity index (χ2n) is 4.28. The molecule has 1 N–H and O–H groups in total. The zero-order chi connectivity index (χ0) is 13.0. The summed E-state index contributed by atoms with van der Waals surface area (Å²) in [6, 6.07) is 15.9. The molecule has 0 radical (unpaired) electrons. The molecule has 0 saturated heterocycles. The van der Waals surface area contributed by atoms with Crippen LogP contribution in [0.5, 0.6) is 5.75 Å². The van der Waals surface area contributed by atoms with E-state index in [-0.39, 0.29) is 0 Å². The van der Waals surface area contributed by atoms with Crippen LogP contribution in [0.25, 0.3) is 0 Å². The fraction of sp³-hybridized carbons (Fsp3) is 0.200. The van der Waals surface area contributed by atoms with Crippen LogP contribution < -0.4 is 0 Å². The summed E-state index contributed by atoms with van der Waals surface area (Å²) in [6.07, 6.45) is 0.918. The van der Waals surface area contributed by atoms with E-state index in [4.69, 9.17) is 0 Å². The molecule has 1 nitrogen and oxygen atoms in total. The Morgan fingerprint density at radius 1 is 1.06 bits per heavy atom. The third-order valence-corrected chi connectivity index (χ3v) is 4.23. The Bertz CT molecular complexity index is 508. The lowest BCUT2D eigenvalue weighted by molar-refractivity contribution is 0.474. The largest absolute Gasteiger partial charge is 0.508 e. The molecule has 0 bridgehead atoms. The number of benzene rings is 2. The van der Waals surface area contributed by atoms with E-state index in [0.29, 0.717) is 11.7 Å². The van der Waals surface area contributed by atoms with E-state index in [9.17, 15) is 5.11 Å². The third-order valence-electron chi connectivity index (χ3n) is 2.92. The number of phenols is 1. The highest BCUT2D eigenvalue weighted by Gasteiger charge is 2.11. The Balaban J connectivity index is 2.17. The SMILES string of the molecule is Oc1cccc(CC(CBr)c2ccc(Br)cc2)c1. The normalized spacial score (nSPS) is 12.3. The minimum Gasteiger partial charge on any atom is -0.508 e. The van der Waals surface area contributed by atoms with Crippen molar-refractivity contribution < 1.29 is 5.11 Å². The Kier molecular flexibility index (Phi) is 4.84. The van der Waals surface area contributed by atoms with E-state index < -0.39 is 0 Å². The minimum absolute atomic E-state index is 0.330. The Hall–Kier alpha value is -0.800. The van der Waals surface area contributed by atoms with Crippen molar-refractivity contribution in [3.8, 4) is 5.75 Å². The van der Waals surface area contributed by atoms with Crippen LogP contribution in [0, 0.1) is 0 Å². The predicted octanol–water partition coefficient (Wildman–Crippen LogP) is 4.88. The molecule has 18 heavy (non-hydrogen) atoms. The van der Waals surface area contributed by atoms with Gasteiger partial charge in [0.2, 0.25) is 0 Å². The van der Waals surface area contributed by atoms with Gasteiger partial charge in [0, 0.05) is 9.80 Å². The van der Waals surface area contributed by atoms with Gasteiger partial charge in [-0.2, -0.15) is 0 Å². The number of aromatic hydroxyl groups is 1. The summed E-state index contributed by atoms with van der Waals surface area (Å²) in [5.74, 6) is 0.747. The topological polar surface area (TPSA) is 20.2 Å². The molecule has 1 unspecified atom stereocenters. The molecule has 3 heteroatoms. The molecule has 94 valence electrons. The highest BCUT2D eigenvalue weighted by atomic mass is 79.9. The highest BCUT2D eigenvalue weighted by Crippen LogP contribution is 2.25. The van der Waals surface area contributed by atoms with Gasteiger partial charge >= 0.3 is 0 Å². The molecule has 2 rings (SSSR count). The van der Waals surface area contributed by atoms with Gasteiger partial charge < -0.3 is 5.11 Å². The van der Waals surface area contributed by atoms with Crippen molar-refractivity contribution >= 4 is 31.9 Å². The number of halogens is 2. The number of rotatable bonds is 4. The van der Waals surface area contributed by atoms with Crippen LogP contribution in [-0.4, -0.2) is 10.4 Å². The summed E-state index contributed by atoms with van der Waals surface area (Å²) >= 11 is 7.02. The molecular weight excluding hydrogens is 356 g/mol. The van der Waals surface area contributed by atoms with Crippen LogP contribution in [0.1, 0.15) is 17.0 Å². The summed E-state index contributed by atoms with van der Waals surface area (Å²) in [5.41, 5.74) is 2.46. The maximum Gasteiger partial charge on any atom is 0.115 e. The Morgan fingerprint density at radius 3 is 2.39 bits per heavy atom. The molecule has 0 aliphatic rings. The molecule has 2 aromatic carbocycles. The van der Waals surface area contributed by atoms with Crippen molar-refractivity contribution in [1.29, 1.82) is 0 Å². The first kappa shape index (κ1) is 13.6. The molecule has 0 amide bonds. The maximum absolute atomic E-state index is 9.49. The van der Waals surface area contributed by atoms with Crippen molar-refractivity contribution in [2.75, 3.05) is 5.33 Å².